The molecule has 0 radical (unpaired) electrons. The molecule has 0 aromatic heterocycles. The van der Waals surface area contributed by atoms with Gasteiger partial charge in [-0.1, -0.05) is 48.5 Å². The fraction of sp³-hybridized carbons (Fsp3) is 0.267. The van der Waals surface area contributed by atoms with Crippen LogP contribution in [-0.2, 0) is 41.1 Å². The van der Waals surface area contributed by atoms with Crippen molar-refractivity contribution in [2.45, 2.75) is 44.6 Å². The van der Waals surface area contributed by atoms with Crippen LogP contribution in [0.25, 0.3) is 0 Å². The molecule has 0 spiro atoms. The zero-order valence-electron chi connectivity index (χ0n) is 23.0. The molecule has 234 valence electrons. The highest BCUT2D eigenvalue weighted by molar-refractivity contribution is 5.96. The first kappa shape index (κ1) is 32.4. The molecule has 1 aliphatic heterocycles. The van der Waals surface area contributed by atoms with Crippen LogP contribution in [0, 0.1) is 0 Å². The fourth-order valence-electron chi connectivity index (χ4n) is 4.81. The van der Waals surface area contributed by atoms with Gasteiger partial charge in [0, 0.05) is 5.70 Å². The van der Waals surface area contributed by atoms with Crippen LogP contribution in [-0.4, -0.2) is 23.9 Å². The number of guanidine groups is 1. The van der Waals surface area contributed by atoms with Crippen LogP contribution in [0.15, 0.2) is 89.1 Å². The van der Waals surface area contributed by atoms with Crippen LogP contribution in [0.4, 0.5) is 39.5 Å². The Morgan fingerprint density at radius 2 is 1.32 bits per heavy atom. The van der Waals surface area contributed by atoms with E-state index in [-0.39, 0.29) is 33.9 Å². The molecule has 0 saturated carbocycles. The quantitative estimate of drug-likeness (QED) is 0.223. The molecule has 1 unspecified atom stereocenters. The van der Waals surface area contributed by atoms with Gasteiger partial charge in [0.15, 0.2) is 5.96 Å². The van der Waals surface area contributed by atoms with Crippen molar-refractivity contribution in [2.24, 2.45) is 4.99 Å². The summed E-state index contributed by atoms with van der Waals surface area (Å²) in [4.78, 5) is 18.5. The number of carbonyl (C=O) groups excluding carboxylic acids is 1. The lowest BCUT2D eigenvalue weighted by Gasteiger charge is -2.38. The van der Waals surface area contributed by atoms with Crippen molar-refractivity contribution >= 4 is 11.9 Å². The molecule has 14 heteroatoms. The standard InChI is InChI=1S/C30H24F9N3O2/c1-17-24(26(43)44-2)25(18-11-13-21(14-12-18)28(31,32)33)41-27(40-15-19-7-3-5-9-22(19)29(34,35)36)42(17)16-20-8-4-6-10-23(20)30(37,38)39/h3-14,25H,15-16H2,1-2H3,(H,40,41). The Kier molecular flexibility index (Phi) is 9.03. The predicted molar refractivity (Wildman–Crippen MR) is 142 cm³/mol. The molecular weight excluding hydrogens is 605 g/mol. The van der Waals surface area contributed by atoms with Gasteiger partial charge < -0.3 is 15.0 Å². The van der Waals surface area contributed by atoms with E-state index in [9.17, 15) is 44.3 Å². The molecule has 0 fully saturated rings. The van der Waals surface area contributed by atoms with Crippen molar-refractivity contribution in [1.29, 1.82) is 0 Å². The van der Waals surface area contributed by atoms with Gasteiger partial charge in [-0.2, -0.15) is 39.5 Å². The molecule has 1 aliphatic rings. The van der Waals surface area contributed by atoms with Gasteiger partial charge in [-0.05, 0) is 47.9 Å². The van der Waals surface area contributed by atoms with Crippen LogP contribution in [0.1, 0.15) is 46.3 Å². The van der Waals surface area contributed by atoms with E-state index >= 15 is 0 Å². The van der Waals surface area contributed by atoms with Crippen molar-refractivity contribution in [2.75, 3.05) is 7.11 Å². The lowest BCUT2D eigenvalue weighted by Crippen LogP contribution is -2.49. The largest absolute Gasteiger partial charge is 0.466 e. The second-order valence-electron chi connectivity index (χ2n) is 9.72. The lowest BCUT2D eigenvalue weighted by molar-refractivity contribution is -0.139. The monoisotopic (exact) mass is 629 g/mol. The normalized spacial score (nSPS) is 17.1. The van der Waals surface area contributed by atoms with E-state index in [0.717, 1.165) is 43.5 Å². The number of esters is 1. The number of rotatable bonds is 6. The molecule has 0 aliphatic carbocycles. The summed E-state index contributed by atoms with van der Waals surface area (Å²) in [7, 11) is 1.05. The number of hydrogen-bond acceptors (Lipinski definition) is 3. The number of carbonyl (C=O) groups is 1. The first-order valence-corrected chi connectivity index (χ1v) is 12.9. The van der Waals surface area contributed by atoms with E-state index in [1.807, 2.05) is 0 Å². The van der Waals surface area contributed by atoms with Crippen molar-refractivity contribution < 1.29 is 49.0 Å². The summed E-state index contributed by atoms with van der Waals surface area (Å²) in [6.45, 7) is 0.282. The molecule has 5 nitrogen and oxygen atoms in total. The SMILES string of the molecule is COC(=O)C1=C(C)N(Cc2ccccc2C(F)(F)F)C(=NCc2ccccc2C(F)(F)F)NC1c1ccc(C(F)(F)F)cc1. The van der Waals surface area contributed by atoms with Crippen LogP contribution < -0.4 is 5.32 Å². The average molecular weight is 630 g/mol. The van der Waals surface area contributed by atoms with E-state index in [0.29, 0.717) is 0 Å². The van der Waals surface area contributed by atoms with Crippen molar-refractivity contribution in [1.82, 2.24) is 10.2 Å². The summed E-state index contributed by atoms with van der Waals surface area (Å²) >= 11 is 0. The number of hydrogen-bond donors (Lipinski definition) is 1. The molecule has 0 saturated heterocycles. The van der Waals surface area contributed by atoms with E-state index in [1.54, 1.807) is 0 Å². The second-order valence-corrected chi connectivity index (χ2v) is 9.72. The zero-order chi connectivity index (χ0) is 32.4. The first-order chi connectivity index (χ1) is 20.5. The highest BCUT2D eigenvalue weighted by Crippen LogP contribution is 2.38. The number of ether oxygens (including phenoxy) is 1. The van der Waals surface area contributed by atoms with E-state index in [2.05, 4.69) is 10.3 Å². The summed E-state index contributed by atoms with van der Waals surface area (Å²) in [6, 6.07) is 11.8. The minimum atomic E-state index is -4.76. The average Bonchev–Trinajstić information content (AvgIpc) is 2.96. The minimum Gasteiger partial charge on any atom is -0.466 e. The van der Waals surface area contributed by atoms with Crippen molar-refractivity contribution in [3.05, 3.63) is 117 Å². The lowest BCUT2D eigenvalue weighted by atomic mass is 9.93. The van der Waals surface area contributed by atoms with Crippen molar-refractivity contribution in [3.63, 3.8) is 0 Å². The molecule has 1 N–H and O–H groups in total. The summed E-state index contributed by atoms with van der Waals surface area (Å²) in [5.74, 6) is -1.15. The summed E-state index contributed by atoms with van der Waals surface area (Å²) < 4.78 is 127. The van der Waals surface area contributed by atoms with Crippen LogP contribution >= 0.6 is 0 Å². The summed E-state index contributed by atoms with van der Waals surface area (Å²) in [6.07, 6.45) is -14.1. The van der Waals surface area contributed by atoms with Gasteiger partial charge in [-0.25, -0.2) is 9.79 Å². The van der Waals surface area contributed by atoms with Gasteiger partial charge in [-0.3, -0.25) is 0 Å². The van der Waals surface area contributed by atoms with Gasteiger partial charge >= 0.3 is 24.5 Å². The number of aliphatic imine (C=N–C) groups is 1. The van der Waals surface area contributed by atoms with Gasteiger partial charge in [0.1, 0.15) is 0 Å². The number of methoxy groups -OCH3 is 1. The number of allylic oxidation sites excluding steroid dienone is 1. The Morgan fingerprint density at radius 3 is 1.84 bits per heavy atom. The number of halogens is 9. The predicted octanol–water partition coefficient (Wildman–Crippen LogP) is 7.89. The molecular formula is C30H24F9N3O2. The number of nitrogens with one attached hydrogen (secondary N) is 1. The van der Waals surface area contributed by atoms with E-state index in [1.165, 1.54) is 48.2 Å². The maximum Gasteiger partial charge on any atom is 0.416 e. The van der Waals surface area contributed by atoms with Crippen LogP contribution in [0.3, 0.4) is 0 Å². The van der Waals surface area contributed by atoms with E-state index in [4.69, 9.17) is 4.74 Å². The second kappa shape index (κ2) is 12.2. The van der Waals surface area contributed by atoms with Gasteiger partial charge in [-0.15, -0.1) is 0 Å². The third kappa shape index (κ3) is 7.00. The first-order valence-electron chi connectivity index (χ1n) is 12.9. The number of alkyl halides is 9. The number of nitrogens with zero attached hydrogens (tertiary/aromatic N) is 2. The third-order valence-electron chi connectivity index (χ3n) is 6.96. The fourth-order valence-corrected chi connectivity index (χ4v) is 4.81. The van der Waals surface area contributed by atoms with Crippen LogP contribution in [0.2, 0.25) is 0 Å². The topological polar surface area (TPSA) is 53.9 Å². The van der Waals surface area contributed by atoms with Crippen molar-refractivity contribution in [3.8, 4) is 0 Å². The molecule has 4 rings (SSSR count). The highest BCUT2D eigenvalue weighted by Gasteiger charge is 2.39. The molecule has 0 bridgehead atoms. The smallest absolute Gasteiger partial charge is 0.416 e. The Labute approximate surface area is 245 Å². The Bertz CT molecular complexity index is 1570. The Hall–Kier alpha value is -4.49. The Balaban J connectivity index is 1.88. The molecule has 1 atom stereocenters. The molecule has 3 aromatic rings. The van der Waals surface area contributed by atoms with Gasteiger partial charge in [0.25, 0.3) is 0 Å². The maximum absolute atomic E-state index is 13.8. The maximum atomic E-state index is 13.8. The highest BCUT2D eigenvalue weighted by atomic mass is 19.4. The molecule has 0 amide bonds. The van der Waals surface area contributed by atoms with Crippen LogP contribution in [0.5, 0.6) is 0 Å². The summed E-state index contributed by atoms with van der Waals surface area (Å²) in [5.41, 5.74) is -3.39. The zero-order valence-corrected chi connectivity index (χ0v) is 23.0. The number of benzene rings is 3. The Morgan fingerprint density at radius 1 is 0.795 bits per heavy atom. The van der Waals surface area contributed by atoms with Gasteiger partial charge in [0.2, 0.25) is 0 Å². The van der Waals surface area contributed by atoms with E-state index < -0.39 is 60.3 Å². The third-order valence-corrected chi connectivity index (χ3v) is 6.96. The minimum absolute atomic E-state index is 0.0281. The molecule has 44 heavy (non-hydrogen) atoms. The molecule has 3 aromatic carbocycles. The molecule has 1 heterocycles. The summed E-state index contributed by atoms with van der Waals surface area (Å²) in [5, 5.41) is 2.85. The van der Waals surface area contributed by atoms with Gasteiger partial charge in [0.05, 0.1) is 48.5 Å².